The predicted octanol–water partition coefficient (Wildman–Crippen LogP) is 3.69. The van der Waals surface area contributed by atoms with Gasteiger partial charge in [-0.15, -0.1) is 0 Å². The normalized spacial score (nSPS) is 17.7. The molecule has 3 heterocycles. The minimum atomic E-state index is -2.70. The number of aryl methyl sites for hydroxylation is 2. The van der Waals surface area contributed by atoms with Crippen molar-refractivity contribution in [3.05, 3.63) is 41.9 Å². The lowest BCUT2D eigenvalue weighted by atomic mass is 10.1. The first kappa shape index (κ1) is 17.6. The number of rotatable bonds is 4. The minimum absolute atomic E-state index is 0.109. The van der Waals surface area contributed by atoms with Crippen molar-refractivity contribution >= 4 is 22.5 Å². The standard InChI is InChI=1S/C19H22F2N6/c1-12-10-16(26(2)25-12)27-9-5-6-13(11-27)22-18-14-7-3-4-8-15(14)23-19(24-18)17(20)21/h3-4,7-8,10,13,17H,5-6,9,11H2,1-2H3,(H,22,23,24). The van der Waals surface area contributed by atoms with Gasteiger partial charge in [-0.2, -0.15) is 5.10 Å². The summed E-state index contributed by atoms with van der Waals surface area (Å²) in [4.78, 5) is 10.4. The van der Waals surface area contributed by atoms with E-state index >= 15 is 0 Å². The lowest BCUT2D eigenvalue weighted by Gasteiger charge is -2.34. The van der Waals surface area contributed by atoms with Crippen molar-refractivity contribution in [3.63, 3.8) is 0 Å². The molecule has 0 amide bonds. The fourth-order valence-electron chi connectivity index (χ4n) is 3.69. The van der Waals surface area contributed by atoms with Gasteiger partial charge in [-0.05, 0) is 31.9 Å². The van der Waals surface area contributed by atoms with Gasteiger partial charge in [-0.1, -0.05) is 12.1 Å². The van der Waals surface area contributed by atoms with Crippen LogP contribution in [0.5, 0.6) is 0 Å². The summed E-state index contributed by atoms with van der Waals surface area (Å²) >= 11 is 0. The molecule has 1 unspecified atom stereocenters. The zero-order chi connectivity index (χ0) is 19.0. The van der Waals surface area contributed by atoms with Crippen LogP contribution in [0.4, 0.5) is 20.4 Å². The first-order valence-corrected chi connectivity index (χ1v) is 9.08. The molecular weight excluding hydrogens is 350 g/mol. The maximum absolute atomic E-state index is 13.2. The maximum Gasteiger partial charge on any atom is 0.297 e. The zero-order valence-electron chi connectivity index (χ0n) is 15.4. The Labute approximate surface area is 156 Å². The summed E-state index contributed by atoms with van der Waals surface area (Å²) in [5, 5.41) is 8.57. The van der Waals surface area contributed by atoms with E-state index in [0.717, 1.165) is 42.8 Å². The Morgan fingerprint density at radius 3 is 2.78 bits per heavy atom. The van der Waals surface area contributed by atoms with Crippen molar-refractivity contribution in [1.29, 1.82) is 0 Å². The van der Waals surface area contributed by atoms with E-state index in [2.05, 4.69) is 31.3 Å². The molecule has 3 aromatic rings. The van der Waals surface area contributed by atoms with Crippen LogP contribution in [-0.4, -0.2) is 38.9 Å². The molecule has 1 N–H and O–H groups in total. The van der Waals surface area contributed by atoms with Crippen LogP contribution in [0.2, 0.25) is 0 Å². The molecule has 0 bridgehead atoms. The monoisotopic (exact) mass is 372 g/mol. The van der Waals surface area contributed by atoms with Crippen LogP contribution in [0.1, 0.15) is 30.8 Å². The zero-order valence-corrected chi connectivity index (χ0v) is 15.4. The highest BCUT2D eigenvalue weighted by Gasteiger charge is 2.24. The summed E-state index contributed by atoms with van der Waals surface area (Å²) in [5.74, 6) is 1.11. The number of fused-ring (bicyclic) bond motifs is 1. The third-order valence-corrected chi connectivity index (χ3v) is 4.88. The van der Waals surface area contributed by atoms with Gasteiger partial charge in [0, 0.05) is 37.6 Å². The van der Waals surface area contributed by atoms with Crippen molar-refractivity contribution in [2.75, 3.05) is 23.3 Å². The summed E-state index contributed by atoms with van der Waals surface area (Å²) in [5.41, 5.74) is 1.51. The highest BCUT2D eigenvalue weighted by molar-refractivity contribution is 5.89. The summed E-state index contributed by atoms with van der Waals surface area (Å²) in [6, 6.07) is 9.43. The largest absolute Gasteiger partial charge is 0.365 e. The second-order valence-electron chi connectivity index (χ2n) is 6.95. The second-order valence-corrected chi connectivity index (χ2v) is 6.95. The predicted molar refractivity (Wildman–Crippen MR) is 101 cm³/mol. The quantitative estimate of drug-likeness (QED) is 0.757. The van der Waals surface area contributed by atoms with E-state index in [-0.39, 0.29) is 6.04 Å². The number of hydrogen-bond donors (Lipinski definition) is 1. The van der Waals surface area contributed by atoms with Crippen molar-refractivity contribution in [2.24, 2.45) is 7.05 Å². The van der Waals surface area contributed by atoms with Gasteiger partial charge >= 0.3 is 0 Å². The minimum Gasteiger partial charge on any atom is -0.365 e. The van der Waals surface area contributed by atoms with Crippen LogP contribution in [0.3, 0.4) is 0 Å². The van der Waals surface area contributed by atoms with Crippen molar-refractivity contribution < 1.29 is 8.78 Å². The van der Waals surface area contributed by atoms with E-state index in [9.17, 15) is 8.78 Å². The molecule has 1 aliphatic heterocycles. The number of benzene rings is 1. The molecule has 0 saturated carbocycles. The summed E-state index contributed by atoms with van der Waals surface area (Å²) in [7, 11) is 1.94. The first-order chi connectivity index (χ1) is 13.0. The second kappa shape index (κ2) is 7.09. The average molecular weight is 372 g/mol. The lowest BCUT2D eigenvalue weighted by molar-refractivity contribution is 0.141. The highest BCUT2D eigenvalue weighted by atomic mass is 19.3. The Morgan fingerprint density at radius 2 is 2.04 bits per heavy atom. The summed E-state index contributed by atoms with van der Waals surface area (Å²) in [6.45, 7) is 3.69. The van der Waals surface area contributed by atoms with Crippen LogP contribution in [0, 0.1) is 6.92 Å². The number of hydrogen-bond acceptors (Lipinski definition) is 5. The summed E-state index contributed by atoms with van der Waals surface area (Å²) in [6.07, 6.45) is -0.738. The number of anilines is 2. The van der Waals surface area contributed by atoms with Gasteiger partial charge in [0.2, 0.25) is 0 Å². The van der Waals surface area contributed by atoms with Gasteiger partial charge in [0.15, 0.2) is 5.82 Å². The van der Waals surface area contributed by atoms with E-state index < -0.39 is 12.2 Å². The van der Waals surface area contributed by atoms with Crippen molar-refractivity contribution in [1.82, 2.24) is 19.7 Å². The number of aromatic nitrogens is 4. The Kier molecular flexibility index (Phi) is 4.63. The molecule has 142 valence electrons. The third kappa shape index (κ3) is 3.56. The van der Waals surface area contributed by atoms with Gasteiger partial charge in [0.1, 0.15) is 11.6 Å². The number of para-hydroxylation sites is 1. The van der Waals surface area contributed by atoms with Crippen LogP contribution >= 0.6 is 0 Å². The summed E-state index contributed by atoms with van der Waals surface area (Å²) < 4.78 is 28.3. The van der Waals surface area contributed by atoms with E-state index in [0.29, 0.717) is 11.3 Å². The number of halogens is 2. The molecular formula is C19H22F2N6. The lowest BCUT2D eigenvalue weighted by Crippen LogP contribution is -2.43. The van der Waals surface area contributed by atoms with Crippen LogP contribution < -0.4 is 10.2 Å². The fraction of sp³-hybridized carbons (Fsp3) is 0.421. The Bertz CT molecular complexity index is 955. The molecule has 4 rings (SSSR count). The SMILES string of the molecule is Cc1cc(N2CCCC(Nc3nc(C(F)F)nc4ccccc34)C2)n(C)n1. The molecule has 1 atom stereocenters. The molecule has 0 spiro atoms. The molecule has 6 nitrogen and oxygen atoms in total. The van der Waals surface area contributed by atoms with Gasteiger partial charge in [0.25, 0.3) is 6.43 Å². The van der Waals surface area contributed by atoms with Crippen LogP contribution in [0.15, 0.2) is 30.3 Å². The van der Waals surface area contributed by atoms with E-state index in [1.54, 1.807) is 12.1 Å². The van der Waals surface area contributed by atoms with E-state index in [4.69, 9.17) is 0 Å². The average Bonchev–Trinajstić information content (AvgIpc) is 3.00. The fourth-order valence-corrected chi connectivity index (χ4v) is 3.69. The van der Waals surface area contributed by atoms with Crippen molar-refractivity contribution in [3.8, 4) is 0 Å². The molecule has 0 radical (unpaired) electrons. The Morgan fingerprint density at radius 1 is 1.22 bits per heavy atom. The number of nitrogens with one attached hydrogen (secondary N) is 1. The van der Waals surface area contributed by atoms with Gasteiger partial charge in [0.05, 0.1) is 11.2 Å². The number of nitrogens with zero attached hydrogens (tertiary/aromatic N) is 5. The topological polar surface area (TPSA) is 58.9 Å². The Balaban J connectivity index is 1.61. The highest BCUT2D eigenvalue weighted by Crippen LogP contribution is 2.27. The number of piperidine rings is 1. The molecule has 1 saturated heterocycles. The Hall–Kier alpha value is -2.77. The molecule has 1 aliphatic rings. The molecule has 1 fully saturated rings. The van der Waals surface area contributed by atoms with E-state index in [1.807, 2.05) is 30.8 Å². The first-order valence-electron chi connectivity index (χ1n) is 9.08. The van der Waals surface area contributed by atoms with Crippen LogP contribution in [0.25, 0.3) is 10.9 Å². The molecule has 0 aliphatic carbocycles. The molecule has 2 aromatic heterocycles. The van der Waals surface area contributed by atoms with Gasteiger partial charge in [-0.3, -0.25) is 4.68 Å². The van der Waals surface area contributed by atoms with Crippen molar-refractivity contribution in [2.45, 2.75) is 32.2 Å². The van der Waals surface area contributed by atoms with Crippen LogP contribution in [-0.2, 0) is 7.05 Å². The smallest absolute Gasteiger partial charge is 0.297 e. The molecule has 8 heteroatoms. The van der Waals surface area contributed by atoms with E-state index in [1.165, 1.54) is 0 Å². The third-order valence-electron chi connectivity index (χ3n) is 4.88. The molecule has 27 heavy (non-hydrogen) atoms. The van der Waals surface area contributed by atoms with Gasteiger partial charge < -0.3 is 10.2 Å². The maximum atomic E-state index is 13.2. The van der Waals surface area contributed by atoms with Gasteiger partial charge in [-0.25, -0.2) is 18.7 Å². The number of alkyl halides is 2. The molecule has 1 aromatic carbocycles.